The molecule has 3 rings (SSSR count). The molecule has 0 aromatic carbocycles. The van der Waals surface area contributed by atoms with Crippen LogP contribution in [-0.2, 0) is 0 Å². The van der Waals surface area contributed by atoms with E-state index < -0.39 is 0 Å². The Bertz CT molecular complexity index is 573. The molecule has 0 saturated carbocycles. The van der Waals surface area contributed by atoms with Crippen molar-refractivity contribution in [2.24, 2.45) is 5.92 Å². The van der Waals surface area contributed by atoms with Gasteiger partial charge < -0.3 is 9.80 Å². The second-order valence-electron chi connectivity index (χ2n) is 7.85. The lowest BCUT2D eigenvalue weighted by molar-refractivity contribution is 0.0562. The standard InChI is InChI=1S/C18H30N4OS/c1-14(2)6-12-21-10-4-7-18(9-13-21)8-5-11-22(18)17(23)16-15(3)19-20-24-16/h14H,4-13H2,1-3H3. The van der Waals surface area contributed by atoms with Gasteiger partial charge in [0.1, 0.15) is 4.88 Å². The topological polar surface area (TPSA) is 49.3 Å². The van der Waals surface area contributed by atoms with Crippen LogP contribution in [0.5, 0.6) is 0 Å². The van der Waals surface area contributed by atoms with E-state index in [-0.39, 0.29) is 11.4 Å². The van der Waals surface area contributed by atoms with Gasteiger partial charge in [-0.3, -0.25) is 4.79 Å². The first-order chi connectivity index (χ1) is 11.5. The van der Waals surface area contributed by atoms with Crippen LogP contribution in [0.1, 0.15) is 67.7 Å². The Kier molecular flexibility index (Phi) is 5.55. The molecule has 0 radical (unpaired) electrons. The second-order valence-corrected chi connectivity index (χ2v) is 8.60. The third kappa shape index (κ3) is 3.64. The Morgan fingerprint density at radius 2 is 1.96 bits per heavy atom. The summed E-state index contributed by atoms with van der Waals surface area (Å²) in [6, 6.07) is 0. The minimum atomic E-state index is 0.0695. The molecule has 1 aromatic heterocycles. The summed E-state index contributed by atoms with van der Waals surface area (Å²) < 4.78 is 3.96. The molecule has 1 spiro atoms. The van der Waals surface area contributed by atoms with Gasteiger partial charge in [0.25, 0.3) is 5.91 Å². The molecule has 5 nitrogen and oxygen atoms in total. The molecule has 134 valence electrons. The molecule has 24 heavy (non-hydrogen) atoms. The first-order valence-corrected chi connectivity index (χ1v) is 10.1. The summed E-state index contributed by atoms with van der Waals surface area (Å²) in [7, 11) is 0. The van der Waals surface area contributed by atoms with Gasteiger partial charge in [0.2, 0.25) is 0 Å². The smallest absolute Gasteiger partial charge is 0.267 e. The lowest BCUT2D eigenvalue weighted by Crippen LogP contribution is -2.48. The SMILES string of the molecule is Cc1nnsc1C(=O)N1CCCC12CCCN(CCC(C)C)CC2. The highest BCUT2D eigenvalue weighted by Crippen LogP contribution is 2.39. The highest BCUT2D eigenvalue weighted by molar-refractivity contribution is 7.07. The first-order valence-electron chi connectivity index (χ1n) is 9.35. The number of nitrogens with zero attached hydrogens (tertiary/aromatic N) is 4. The third-order valence-corrected chi connectivity index (χ3v) is 6.54. The number of carbonyl (C=O) groups excluding carboxylic acids is 1. The number of likely N-dealkylation sites (tertiary alicyclic amines) is 2. The first kappa shape index (κ1) is 17.8. The normalized spacial score (nSPS) is 25.6. The van der Waals surface area contributed by atoms with E-state index in [1.165, 1.54) is 37.5 Å². The van der Waals surface area contributed by atoms with Gasteiger partial charge in [0.15, 0.2) is 0 Å². The predicted octanol–water partition coefficient (Wildman–Crippen LogP) is 3.35. The lowest BCUT2D eigenvalue weighted by atomic mass is 9.87. The second kappa shape index (κ2) is 7.48. The summed E-state index contributed by atoms with van der Waals surface area (Å²) in [5, 5.41) is 4.03. The Labute approximate surface area is 149 Å². The van der Waals surface area contributed by atoms with E-state index in [2.05, 4.69) is 33.2 Å². The fourth-order valence-electron chi connectivity index (χ4n) is 4.22. The molecule has 2 fully saturated rings. The number of aryl methyl sites for hydroxylation is 1. The quantitative estimate of drug-likeness (QED) is 0.835. The Hall–Kier alpha value is -1.01. The molecule has 0 aliphatic carbocycles. The van der Waals surface area contributed by atoms with E-state index in [4.69, 9.17) is 0 Å². The summed E-state index contributed by atoms with van der Waals surface area (Å²) in [5.41, 5.74) is 0.847. The Balaban J connectivity index is 1.70. The van der Waals surface area contributed by atoms with Crippen LogP contribution in [0.25, 0.3) is 0 Å². The number of amides is 1. The van der Waals surface area contributed by atoms with Gasteiger partial charge in [-0.05, 0) is 76.0 Å². The maximum absolute atomic E-state index is 13.1. The maximum Gasteiger partial charge on any atom is 0.267 e. The predicted molar refractivity (Wildman–Crippen MR) is 97.4 cm³/mol. The number of hydrogen-bond acceptors (Lipinski definition) is 5. The highest BCUT2D eigenvalue weighted by Gasteiger charge is 2.44. The van der Waals surface area contributed by atoms with Crippen molar-refractivity contribution in [1.82, 2.24) is 19.4 Å². The van der Waals surface area contributed by atoms with Gasteiger partial charge in [0.05, 0.1) is 5.69 Å². The highest BCUT2D eigenvalue weighted by atomic mass is 32.1. The average molecular weight is 351 g/mol. The zero-order valence-corrected chi connectivity index (χ0v) is 16.1. The Morgan fingerprint density at radius 3 is 2.62 bits per heavy atom. The summed E-state index contributed by atoms with van der Waals surface area (Å²) in [6.45, 7) is 10.9. The van der Waals surface area contributed by atoms with Gasteiger partial charge in [0, 0.05) is 18.6 Å². The molecule has 1 atom stereocenters. The minimum absolute atomic E-state index is 0.0695. The number of rotatable bonds is 4. The van der Waals surface area contributed by atoms with Gasteiger partial charge in [-0.2, -0.15) is 0 Å². The molecule has 3 heterocycles. The monoisotopic (exact) mass is 350 g/mol. The molecule has 6 heteroatoms. The summed E-state index contributed by atoms with van der Waals surface area (Å²) in [5.74, 6) is 0.921. The molecule has 0 bridgehead atoms. The van der Waals surface area contributed by atoms with Crippen LogP contribution in [0.2, 0.25) is 0 Å². The van der Waals surface area contributed by atoms with E-state index in [0.717, 1.165) is 55.3 Å². The van der Waals surface area contributed by atoms with Gasteiger partial charge in [-0.1, -0.05) is 18.3 Å². The molecule has 2 aliphatic rings. The van der Waals surface area contributed by atoms with E-state index in [1.807, 2.05) is 6.92 Å². The number of aromatic nitrogens is 2. The van der Waals surface area contributed by atoms with E-state index in [9.17, 15) is 4.79 Å². The van der Waals surface area contributed by atoms with Gasteiger partial charge in [-0.25, -0.2) is 0 Å². The fraction of sp³-hybridized carbons (Fsp3) is 0.833. The van der Waals surface area contributed by atoms with Crippen molar-refractivity contribution in [2.45, 2.75) is 64.8 Å². The lowest BCUT2D eigenvalue weighted by Gasteiger charge is -2.38. The number of carbonyl (C=O) groups is 1. The van der Waals surface area contributed by atoms with Crippen molar-refractivity contribution in [3.8, 4) is 0 Å². The minimum Gasteiger partial charge on any atom is -0.332 e. The van der Waals surface area contributed by atoms with Crippen molar-refractivity contribution in [1.29, 1.82) is 0 Å². The molecule has 0 N–H and O–H groups in total. The molecule has 1 amide bonds. The van der Waals surface area contributed by atoms with Crippen LogP contribution in [0.15, 0.2) is 0 Å². The molecule has 2 saturated heterocycles. The van der Waals surface area contributed by atoms with Crippen LogP contribution in [-0.4, -0.2) is 57.0 Å². The Morgan fingerprint density at radius 1 is 1.21 bits per heavy atom. The van der Waals surface area contributed by atoms with Crippen LogP contribution < -0.4 is 0 Å². The van der Waals surface area contributed by atoms with Crippen molar-refractivity contribution in [3.63, 3.8) is 0 Å². The van der Waals surface area contributed by atoms with Gasteiger partial charge >= 0.3 is 0 Å². The maximum atomic E-state index is 13.1. The average Bonchev–Trinajstić information content (AvgIpc) is 3.09. The van der Waals surface area contributed by atoms with Crippen LogP contribution in [0.4, 0.5) is 0 Å². The molecular formula is C18H30N4OS. The zero-order valence-electron chi connectivity index (χ0n) is 15.3. The van der Waals surface area contributed by atoms with E-state index >= 15 is 0 Å². The van der Waals surface area contributed by atoms with Crippen LogP contribution >= 0.6 is 11.5 Å². The largest absolute Gasteiger partial charge is 0.332 e. The van der Waals surface area contributed by atoms with Gasteiger partial charge in [-0.15, -0.1) is 5.10 Å². The third-order valence-electron chi connectivity index (χ3n) is 5.72. The van der Waals surface area contributed by atoms with Crippen molar-refractivity contribution in [2.75, 3.05) is 26.2 Å². The van der Waals surface area contributed by atoms with Crippen molar-refractivity contribution >= 4 is 17.4 Å². The molecule has 1 aromatic rings. The molecular weight excluding hydrogens is 320 g/mol. The van der Waals surface area contributed by atoms with E-state index in [0.29, 0.717) is 0 Å². The molecule has 1 unspecified atom stereocenters. The summed E-state index contributed by atoms with van der Waals surface area (Å²) in [6.07, 6.45) is 7.00. The summed E-state index contributed by atoms with van der Waals surface area (Å²) in [4.78, 5) is 18.6. The van der Waals surface area contributed by atoms with Crippen molar-refractivity contribution in [3.05, 3.63) is 10.6 Å². The van der Waals surface area contributed by atoms with Crippen LogP contribution in [0, 0.1) is 12.8 Å². The fourth-order valence-corrected chi connectivity index (χ4v) is 4.83. The molecule has 2 aliphatic heterocycles. The van der Waals surface area contributed by atoms with Crippen molar-refractivity contribution < 1.29 is 4.79 Å². The summed E-state index contributed by atoms with van der Waals surface area (Å²) >= 11 is 1.25. The van der Waals surface area contributed by atoms with Crippen LogP contribution in [0.3, 0.4) is 0 Å². The van der Waals surface area contributed by atoms with E-state index in [1.54, 1.807) is 0 Å². The zero-order chi connectivity index (χ0) is 17.2. The number of hydrogen-bond donors (Lipinski definition) is 0.